The van der Waals surface area contributed by atoms with E-state index in [1.54, 1.807) is 0 Å². The third-order valence-corrected chi connectivity index (χ3v) is 1.87. The lowest BCUT2D eigenvalue weighted by Gasteiger charge is -1.94. The molecule has 13 heavy (non-hydrogen) atoms. The fourth-order valence-electron chi connectivity index (χ4n) is 0.926. The van der Waals surface area contributed by atoms with Crippen LogP contribution in [0.25, 0.3) is 0 Å². The van der Waals surface area contributed by atoms with Gasteiger partial charge in [0, 0.05) is 5.92 Å². The van der Waals surface area contributed by atoms with E-state index >= 15 is 0 Å². The number of nitrogens with zero attached hydrogens (tertiary/aromatic N) is 1. The Morgan fingerprint density at radius 3 is 2.92 bits per heavy atom. The second kappa shape index (κ2) is 3.06. The number of pyridine rings is 1. The number of nitrogen functional groups attached to an aromatic ring is 1. The van der Waals surface area contributed by atoms with Gasteiger partial charge in [-0.05, 0) is 24.8 Å². The van der Waals surface area contributed by atoms with E-state index in [-0.39, 0.29) is 5.69 Å². The highest BCUT2D eigenvalue weighted by atomic mass is 19.1. The van der Waals surface area contributed by atoms with Gasteiger partial charge in [0.05, 0.1) is 11.9 Å². The molecule has 0 amide bonds. The number of aromatic nitrogens is 1. The molecule has 0 unspecified atom stereocenters. The zero-order chi connectivity index (χ0) is 9.26. The Balaban J connectivity index is 2.22. The van der Waals surface area contributed by atoms with Crippen molar-refractivity contribution in [1.29, 1.82) is 0 Å². The smallest absolute Gasteiger partial charge is 0.164 e. The van der Waals surface area contributed by atoms with E-state index in [0.29, 0.717) is 11.6 Å². The van der Waals surface area contributed by atoms with Gasteiger partial charge in [0.25, 0.3) is 0 Å². The van der Waals surface area contributed by atoms with Gasteiger partial charge < -0.3 is 5.73 Å². The van der Waals surface area contributed by atoms with E-state index in [1.807, 2.05) is 0 Å². The van der Waals surface area contributed by atoms with Crippen LogP contribution in [0.5, 0.6) is 0 Å². The van der Waals surface area contributed by atoms with Gasteiger partial charge in [-0.25, -0.2) is 9.37 Å². The number of anilines is 1. The SMILES string of the molecule is Nc1cc(C#CC2CC2)ncc1F. The van der Waals surface area contributed by atoms with Crippen LogP contribution in [0, 0.1) is 23.6 Å². The summed E-state index contributed by atoms with van der Waals surface area (Å²) in [4.78, 5) is 3.81. The first-order valence-electron chi connectivity index (χ1n) is 4.18. The molecule has 0 saturated heterocycles. The number of nitrogens with two attached hydrogens (primary N) is 1. The summed E-state index contributed by atoms with van der Waals surface area (Å²) in [6.07, 6.45) is 3.44. The largest absolute Gasteiger partial charge is 0.396 e. The average molecular weight is 176 g/mol. The van der Waals surface area contributed by atoms with Crippen LogP contribution in [0.2, 0.25) is 0 Å². The first-order chi connectivity index (χ1) is 6.25. The molecule has 3 heteroatoms. The Kier molecular flexibility index (Phi) is 1.90. The summed E-state index contributed by atoms with van der Waals surface area (Å²) in [5.74, 6) is 5.93. The molecule has 1 fully saturated rings. The molecular formula is C10H9FN2. The Bertz CT molecular complexity index is 386. The highest BCUT2D eigenvalue weighted by molar-refractivity contribution is 5.44. The predicted octanol–water partition coefficient (Wildman–Crippen LogP) is 1.56. The lowest BCUT2D eigenvalue weighted by molar-refractivity contribution is 0.626. The van der Waals surface area contributed by atoms with Crippen molar-refractivity contribution in [3.05, 3.63) is 23.8 Å². The van der Waals surface area contributed by atoms with Gasteiger partial charge in [0.15, 0.2) is 5.82 Å². The molecule has 0 bridgehead atoms. The minimum Gasteiger partial charge on any atom is -0.396 e. The summed E-state index contributed by atoms with van der Waals surface area (Å²) in [5, 5.41) is 0. The van der Waals surface area contributed by atoms with Crippen LogP contribution in [0.15, 0.2) is 12.3 Å². The molecule has 1 aliphatic carbocycles. The zero-order valence-electron chi connectivity index (χ0n) is 7.05. The minimum atomic E-state index is -0.489. The van der Waals surface area contributed by atoms with Crippen molar-refractivity contribution < 1.29 is 4.39 Å². The third kappa shape index (κ3) is 1.97. The number of halogens is 1. The molecule has 2 rings (SSSR count). The molecular weight excluding hydrogens is 167 g/mol. The van der Waals surface area contributed by atoms with Gasteiger partial charge >= 0.3 is 0 Å². The van der Waals surface area contributed by atoms with Crippen LogP contribution in [-0.2, 0) is 0 Å². The molecule has 1 heterocycles. The number of hydrogen-bond donors (Lipinski definition) is 1. The Morgan fingerprint density at radius 1 is 1.54 bits per heavy atom. The Morgan fingerprint density at radius 2 is 2.31 bits per heavy atom. The first-order valence-corrected chi connectivity index (χ1v) is 4.18. The average Bonchev–Trinajstić information content (AvgIpc) is 2.91. The van der Waals surface area contributed by atoms with Crippen molar-refractivity contribution in [3.8, 4) is 11.8 Å². The predicted molar refractivity (Wildman–Crippen MR) is 48.2 cm³/mol. The zero-order valence-corrected chi connectivity index (χ0v) is 7.05. The standard InChI is InChI=1S/C10H9FN2/c11-9-6-13-8(5-10(9)12)4-3-7-1-2-7/h5-7H,1-2H2,(H2,12,13). The highest BCUT2D eigenvalue weighted by Gasteiger charge is 2.17. The van der Waals surface area contributed by atoms with Crippen LogP contribution in [0.3, 0.4) is 0 Å². The van der Waals surface area contributed by atoms with Gasteiger partial charge in [-0.3, -0.25) is 0 Å². The van der Waals surface area contributed by atoms with Crippen LogP contribution in [-0.4, -0.2) is 4.98 Å². The lowest BCUT2D eigenvalue weighted by atomic mass is 10.3. The molecule has 1 saturated carbocycles. The summed E-state index contributed by atoms with van der Waals surface area (Å²) < 4.78 is 12.7. The van der Waals surface area contributed by atoms with E-state index in [0.717, 1.165) is 6.20 Å². The number of hydrogen-bond acceptors (Lipinski definition) is 2. The maximum absolute atomic E-state index is 12.7. The maximum Gasteiger partial charge on any atom is 0.164 e. The molecule has 1 aromatic heterocycles. The Labute approximate surface area is 76.0 Å². The van der Waals surface area contributed by atoms with Crippen molar-refractivity contribution >= 4 is 5.69 Å². The fraction of sp³-hybridized carbons (Fsp3) is 0.300. The van der Waals surface area contributed by atoms with Crippen molar-refractivity contribution in [2.24, 2.45) is 5.92 Å². The minimum absolute atomic E-state index is 0.107. The Hall–Kier alpha value is -1.56. The molecule has 66 valence electrons. The van der Waals surface area contributed by atoms with Gasteiger partial charge in [-0.2, -0.15) is 0 Å². The van der Waals surface area contributed by atoms with Gasteiger partial charge in [0.1, 0.15) is 5.69 Å². The summed E-state index contributed by atoms with van der Waals surface area (Å²) in [5.41, 5.74) is 6.01. The van der Waals surface area contributed by atoms with Crippen LogP contribution < -0.4 is 5.73 Å². The van der Waals surface area contributed by atoms with Crippen LogP contribution in [0.1, 0.15) is 18.5 Å². The van der Waals surface area contributed by atoms with Gasteiger partial charge in [-0.1, -0.05) is 5.92 Å². The summed E-state index contributed by atoms with van der Waals surface area (Å²) in [6.45, 7) is 0. The summed E-state index contributed by atoms with van der Waals surface area (Å²) in [6, 6.07) is 1.46. The van der Waals surface area contributed by atoms with Crippen molar-refractivity contribution in [2.75, 3.05) is 5.73 Å². The number of rotatable bonds is 0. The maximum atomic E-state index is 12.7. The highest BCUT2D eigenvalue weighted by Crippen LogP contribution is 2.27. The molecule has 2 nitrogen and oxygen atoms in total. The quantitative estimate of drug-likeness (QED) is 0.609. The third-order valence-electron chi connectivity index (χ3n) is 1.87. The molecule has 1 aliphatic rings. The van der Waals surface area contributed by atoms with Crippen molar-refractivity contribution in [3.63, 3.8) is 0 Å². The molecule has 0 radical (unpaired) electrons. The second-order valence-corrected chi connectivity index (χ2v) is 3.13. The van der Waals surface area contributed by atoms with E-state index in [1.165, 1.54) is 18.9 Å². The topological polar surface area (TPSA) is 38.9 Å². The molecule has 0 aromatic carbocycles. The molecule has 0 aliphatic heterocycles. The van der Waals surface area contributed by atoms with Crippen molar-refractivity contribution in [2.45, 2.75) is 12.8 Å². The first kappa shape index (κ1) is 8.06. The molecule has 0 atom stereocenters. The summed E-state index contributed by atoms with van der Waals surface area (Å²) in [7, 11) is 0. The normalized spacial score (nSPS) is 14.8. The van der Waals surface area contributed by atoms with Crippen LogP contribution in [0.4, 0.5) is 10.1 Å². The van der Waals surface area contributed by atoms with Crippen molar-refractivity contribution in [1.82, 2.24) is 4.98 Å². The molecule has 2 N–H and O–H groups in total. The molecule has 0 spiro atoms. The van der Waals surface area contributed by atoms with E-state index in [9.17, 15) is 4.39 Å². The fourth-order valence-corrected chi connectivity index (χ4v) is 0.926. The molecule has 1 aromatic rings. The lowest BCUT2D eigenvalue weighted by Crippen LogP contribution is -1.93. The monoisotopic (exact) mass is 176 g/mol. The second-order valence-electron chi connectivity index (χ2n) is 3.13. The van der Waals surface area contributed by atoms with Gasteiger partial charge in [0.2, 0.25) is 0 Å². The summed E-state index contributed by atoms with van der Waals surface area (Å²) >= 11 is 0. The van der Waals surface area contributed by atoms with Gasteiger partial charge in [-0.15, -0.1) is 0 Å². The van der Waals surface area contributed by atoms with Crippen LogP contribution >= 0.6 is 0 Å². The van der Waals surface area contributed by atoms with E-state index in [4.69, 9.17) is 5.73 Å². The van der Waals surface area contributed by atoms with E-state index in [2.05, 4.69) is 16.8 Å². The van der Waals surface area contributed by atoms with E-state index < -0.39 is 5.82 Å².